The van der Waals surface area contributed by atoms with E-state index in [0.29, 0.717) is 30.0 Å². The molecule has 1 aliphatic rings. The highest BCUT2D eigenvalue weighted by atomic mass is 19.1. The fourth-order valence-corrected chi connectivity index (χ4v) is 3.31. The summed E-state index contributed by atoms with van der Waals surface area (Å²) in [6, 6.07) is 14.9. The maximum Gasteiger partial charge on any atom is 0.252 e. The highest BCUT2D eigenvalue weighted by Crippen LogP contribution is 2.24. The molecular weight excluding hydrogens is 367 g/mol. The largest absolute Gasteiger partial charge is 0.366 e. The molecule has 2 aromatic carbocycles. The minimum atomic E-state index is -0.214. The zero-order valence-electron chi connectivity index (χ0n) is 16.7. The first-order valence-electron chi connectivity index (χ1n) is 9.86. The Morgan fingerprint density at radius 2 is 1.97 bits per heavy atom. The third-order valence-corrected chi connectivity index (χ3v) is 4.95. The predicted octanol–water partition coefficient (Wildman–Crippen LogP) is 3.94. The van der Waals surface area contributed by atoms with E-state index >= 15 is 0 Å². The minimum Gasteiger partial charge on any atom is -0.366 e. The molecule has 1 heterocycles. The van der Waals surface area contributed by atoms with E-state index in [9.17, 15) is 9.18 Å². The summed E-state index contributed by atoms with van der Waals surface area (Å²) >= 11 is 0. The number of anilines is 1. The van der Waals surface area contributed by atoms with Crippen molar-refractivity contribution in [1.29, 1.82) is 0 Å². The third-order valence-electron chi connectivity index (χ3n) is 4.95. The summed E-state index contributed by atoms with van der Waals surface area (Å²) in [5.41, 5.74) is 2.86. The van der Waals surface area contributed by atoms with E-state index in [4.69, 9.17) is 0 Å². The average molecular weight is 392 g/mol. The Balaban J connectivity index is 1.55. The molecule has 5 nitrogen and oxygen atoms in total. The van der Waals surface area contributed by atoms with Crippen LogP contribution in [0.1, 0.15) is 34.3 Å². The Bertz CT molecular complexity index is 1050. The first kappa shape index (κ1) is 19.3. The first-order chi connectivity index (χ1) is 14.0. The van der Waals surface area contributed by atoms with Gasteiger partial charge in [-0.25, -0.2) is 9.37 Å². The second kappa shape index (κ2) is 8.17. The number of carbonyl (C=O) groups is 1. The van der Waals surface area contributed by atoms with Gasteiger partial charge >= 0.3 is 0 Å². The molecule has 0 atom stereocenters. The van der Waals surface area contributed by atoms with Crippen molar-refractivity contribution >= 4 is 22.6 Å². The van der Waals surface area contributed by atoms with Crippen LogP contribution in [0.15, 0.2) is 48.5 Å². The molecule has 29 heavy (non-hydrogen) atoms. The van der Waals surface area contributed by atoms with Crippen LogP contribution < -0.4 is 10.6 Å². The van der Waals surface area contributed by atoms with Gasteiger partial charge in [0, 0.05) is 30.1 Å². The molecule has 0 spiro atoms. The molecule has 0 aliphatic heterocycles. The monoisotopic (exact) mass is 392 g/mol. The minimum absolute atomic E-state index is 0.0757. The van der Waals surface area contributed by atoms with Crippen molar-refractivity contribution in [2.45, 2.75) is 32.0 Å². The molecule has 2 N–H and O–H groups in total. The number of hydrogen-bond donors (Lipinski definition) is 2. The van der Waals surface area contributed by atoms with Crippen LogP contribution in [-0.4, -0.2) is 35.9 Å². The number of rotatable bonds is 7. The summed E-state index contributed by atoms with van der Waals surface area (Å²) in [5.74, 6) is 0.310. The summed E-state index contributed by atoms with van der Waals surface area (Å²) in [5, 5.41) is 7.11. The predicted molar refractivity (Wildman–Crippen MR) is 113 cm³/mol. The molecule has 0 saturated heterocycles. The van der Waals surface area contributed by atoms with E-state index < -0.39 is 0 Å². The van der Waals surface area contributed by atoms with E-state index in [1.54, 1.807) is 12.1 Å². The maximum absolute atomic E-state index is 14.3. The number of hydrogen-bond acceptors (Lipinski definition) is 4. The van der Waals surface area contributed by atoms with Gasteiger partial charge in [0.2, 0.25) is 0 Å². The fourth-order valence-electron chi connectivity index (χ4n) is 3.31. The highest BCUT2D eigenvalue weighted by Gasteiger charge is 2.25. The number of benzene rings is 2. The van der Waals surface area contributed by atoms with Crippen molar-refractivity contribution in [3.63, 3.8) is 0 Å². The van der Waals surface area contributed by atoms with E-state index in [1.165, 1.54) is 0 Å². The van der Waals surface area contributed by atoms with Crippen LogP contribution in [0.25, 0.3) is 10.9 Å². The number of nitrogens with zero attached hydrogens (tertiary/aromatic N) is 2. The Labute approximate surface area is 169 Å². The molecule has 3 aromatic rings. The summed E-state index contributed by atoms with van der Waals surface area (Å²) in [4.78, 5) is 19.2. The second-order valence-electron chi connectivity index (χ2n) is 7.84. The fraction of sp³-hybridized carbons (Fsp3) is 0.304. The Kier molecular flexibility index (Phi) is 5.45. The number of carbonyl (C=O) groups excluding carboxylic acids is 1. The number of nitrogens with one attached hydrogen (secondary N) is 2. The molecule has 0 bridgehead atoms. The van der Waals surface area contributed by atoms with Gasteiger partial charge in [-0.1, -0.05) is 30.3 Å². The third kappa shape index (κ3) is 4.71. The molecule has 150 valence electrons. The van der Waals surface area contributed by atoms with Crippen LogP contribution in [-0.2, 0) is 13.1 Å². The van der Waals surface area contributed by atoms with Crippen LogP contribution in [0, 0.1) is 5.82 Å². The van der Waals surface area contributed by atoms with E-state index in [2.05, 4.69) is 15.6 Å². The van der Waals surface area contributed by atoms with E-state index in [1.807, 2.05) is 55.4 Å². The lowest BCUT2D eigenvalue weighted by atomic mass is 10.1. The van der Waals surface area contributed by atoms with E-state index in [0.717, 1.165) is 29.3 Å². The van der Waals surface area contributed by atoms with Crippen molar-refractivity contribution in [2.75, 3.05) is 19.4 Å². The molecule has 6 heteroatoms. The number of pyridine rings is 1. The summed E-state index contributed by atoms with van der Waals surface area (Å²) < 4.78 is 14.3. The Morgan fingerprint density at radius 1 is 1.17 bits per heavy atom. The lowest BCUT2D eigenvalue weighted by Crippen LogP contribution is -2.25. The standard InChI is InChI=1S/C23H25FN4O/c1-28(2)14-16-8-7-15(11-20(16)24)13-25-22-12-19(23(29)26-17-9-10-17)18-5-3-4-6-21(18)27-22/h3-8,11-12,17H,9-10,13-14H2,1-2H3,(H,25,27)(H,26,29). The molecule has 1 fully saturated rings. The topological polar surface area (TPSA) is 57.3 Å². The van der Waals surface area contributed by atoms with Crippen LogP contribution >= 0.6 is 0 Å². The van der Waals surface area contributed by atoms with E-state index in [-0.39, 0.29) is 17.8 Å². The van der Waals surface area contributed by atoms with Crippen LogP contribution in [0.2, 0.25) is 0 Å². The quantitative estimate of drug-likeness (QED) is 0.640. The van der Waals surface area contributed by atoms with Crippen molar-refractivity contribution in [3.05, 3.63) is 71.0 Å². The lowest BCUT2D eigenvalue weighted by molar-refractivity contribution is 0.0952. The first-order valence-corrected chi connectivity index (χ1v) is 9.86. The molecule has 0 unspecified atom stereocenters. The van der Waals surface area contributed by atoms with Gasteiger partial charge in [0.25, 0.3) is 5.91 Å². The van der Waals surface area contributed by atoms with Crippen LogP contribution in [0.3, 0.4) is 0 Å². The average Bonchev–Trinajstić information content (AvgIpc) is 3.51. The van der Waals surface area contributed by atoms with Gasteiger partial charge in [0.15, 0.2) is 0 Å². The van der Waals surface area contributed by atoms with Gasteiger partial charge < -0.3 is 15.5 Å². The van der Waals surface area contributed by atoms with Gasteiger partial charge in [-0.05, 0) is 50.7 Å². The highest BCUT2D eigenvalue weighted by molar-refractivity contribution is 6.07. The molecule has 1 aliphatic carbocycles. The van der Waals surface area contributed by atoms with Crippen LogP contribution in [0.5, 0.6) is 0 Å². The van der Waals surface area contributed by atoms with Crippen molar-refractivity contribution in [2.24, 2.45) is 0 Å². The lowest BCUT2D eigenvalue weighted by Gasteiger charge is -2.13. The molecule has 1 aromatic heterocycles. The zero-order valence-corrected chi connectivity index (χ0v) is 16.7. The number of halogens is 1. The smallest absolute Gasteiger partial charge is 0.252 e. The van der Waals surface area contributed by atoms with Gasteiger partial charge in [-0.2, -0.15) is 0 Å². The van der Waals surface area contributed by atoms with Crippen LogP contribution in [0.4, 0.5) is 10.2 Å². The van der Waals surface area contributed by atoms with Gasteiger partial charge in [-0.15, -0.1) is 0 Å². The normalized spacial score (nSPS) is 13.7. The summed E-state index contributed by atoms with van der Waals surface area (Å²) in [6.45, 7) is 0.986. The van der Waals surface area contributed by atoms with Gasteiger partial charge in [0.1, 0.15) is 11.6 Å². The molecule has 4 rings (SSSR count). The van der Waals surface area contributed by atoms with Gasteiger partial charge in [-0.3, -0.25) is 4.79 Å². The molecule has 0 radical (unpaired) electrons. The number of aromatic nitrogens is 1. The maximum atomic E-state index is 14.3. The zero-order chi connectivity index (χ0) is 20.4. The van der Waals surface area contributed by atoms with Crippen molar-refractivity contribution < 1.29 is 9.18 Å². The van der Waals surface area contributed by atoms with Crippen molar-refractivity contribution in [1.82, 2.24) is 15.2 Å². The number of fused-ring (bicyclic) bond motifs is 1. The molecular formula is C23H25FN4O. The summed E-state index contributed by atoms with van der Waals surface area (Å²) in [7, 11) is 3.83. The Hall–Kier alpha value is -2.99. The Morgan fingerprint density at radius 3 is 2.69 bits per heavy atom. The number of para-hydroxylation sites is 1. The summed E-state index contributed by atoms with van der Waals surface area (Å²) in [6.07, 6.45) is 2.07. The van der Waals surface area contributed by atoms with Crippen molar-refractivity contribution in [3.8, 4) is 0 Å². The number of amides is 1. The van der Waals surface area contributed by atoms with Gasteiger partial charge in [0.05, 0.1) is 11.1 Å². The second-order valence-corrected chi connectivity index (χ2v) is 7.84. The molecule has 1 saturated carbocycles. The SMILES string of the molecule is CN(C)Cc1ccc(CNc2cc(C(=O)NC3CC3)c3ccccc3n2)cc1F. The molecule has 1 amide bonds.